The van der Waals surface area contributed by atoms with Gasteiger partial charge in [0.2, 0.25) is 0 Å². The van der Waals surface area contributed by atoms with E-state index in [9.17, 15) is 5.26 Å². The van der Waals surface area contributed by atoms with Gasteiger partial charge in [0.25, 0.3) is 0 Å². The van der Waals surface area contributed by atoms with E-state index in [1.54, 1.807) is 7.11 Å². The highest BCUT2D eigenvalue weighted by molar-refractivity contribution is 5.38. The van der Waals surface area contributed by atoms with Crippen LogP contribution in [0.5, 0.6) is 5.75 Å². The van der Waals surface area contributed by atoms with Crippen LogP contribution in [0.15, 0.2) is 36.4 Å². The summed E-state index contributed by atoms with van der Waals surface area (Å²) in [4.78, 5) is 0. The summed E-state index contributed by atoms with van der Waals surface area (Å²) in [5.74, 6) is 1.86. The lowest BCUT2D eigenvalue weighted by molar-refractivity contribution is 0.201. The highest BCUT2D eigenvalue weighted by atomic mass is 16.5. The molecule has 0 saturated carbocycles. The van der Waals surface area contributed by atoms with Crippen LogP contribution in [0.25, 0.3) is 0 Å². The molecule has 3 atom stereocenters. The molecule has 0 N–H and O–H groups in total. The molecule has 1 aromatic carbocycles. The fraction of sp³-hybridized carbons (Fsp3) is 0.550. The van der Waals surface area contributed by atoms with E-state index in [4.69, 9.17) is 4.74 Å². The van der Waals surface area contributed by atoms with Crippen LogP contribution in [0.2, 0.25) is 0 Å². The van der Waals surface area contributed by atoms with Crippen LogP contribution in [0, 0.1) is 23.2 Å². The summed E-state index contributed by atoms with van der Waals surface area (Å²) in [6, 6.07) is 10.8. The molecule has 0 fully saturated rings. The van der Waals surface area contributed by atoms with Crippen LogP contribution in [-0.2, 0) is 5.41 Å². The molecule has 2 heteroatoms. The molecule has 0 aromatic heterocycles. The van der Waals surface area contributed by atoms with Crippen LogP contribution >= 0.6 is 0 Å². The number of benzene rings is 1. The van der Waals surface area contributed by atoms with Crippen molar-refractivity contribution in [2.24, 2.45) is 11.8 Å². The van der Waals surface area contributed by atoms with Crippen LogP contribution in [0.1, 0.15) is 51.5 Å². The maximum absolute atomic E-state index is 10.1. The van der Waals surface area contributed by atoms with Gasteiger partial charge in [-0.15, -0.1) is 0 Å². The van der Waals surface area contributed by atoms with E-state index in [1.807, 2.05) is 12.1 Å². The Balaban J connectivity index is 2.40. The second-order valence-electron chi connectivity index (χ2n) is 6.22. The molecular formula is C20H27NO. The molecule has 0 bridgehead atoms. The fourth-order valence-electron chi connectivity index (χ4n) is 4.06. The molecule has 0 spiro atoms. The van der Waals surface area contributed by atoms with Gasteiger partial charge < -0.3 is 4.74 Å². The van der Waals surface area contributed by atoms with Crippen molar-refractivity contribution in [1.82, 2.24) is 0 Å². The standard InChI is InChI=1S/C20H27NO/c1-4-19(16-9-7-6-8-10-16)20(5-2,15-21)17-11-13-18(22-3)14-12-17/h6-7,11-14,16,19H,4-5,8-10H2,1-3H3/t16-,19-,20-/m0/s1. The van der Waals surface area contributed by atoms with Crippen LogP contribution < -0.4 is 4.74 Å². The molecule has 2 rings (SSSR count). The van der Waals surface area contributed by atoms with Crippen molar-refractivity contribution >= 4 is 0 Å². The van der Waals surface area contributed by atoms with Crippen molar-refractivity contribution in [3.8, 4) is 11.8 Å². The van der Waals surface area contributed by atoms with Gasteiger partial charge in [0.1, 0.15) is 5.75 Å². The largest absolute Gasteiger partial charge is 0.497 e. The summed E-state index contributed by atoms with van der Waals surface area (Å²) in [5, 5.41) is 10.1. The Morgan fingerprint density at radius 3 is 2.45 bits per heavy atom. The van der Waals surface area contributed by atoms with Gasteiger partial charge in [0.15, 0.2) is 0 Å². The van der Waals surface area contributed by atoms with Crippen molar-refractivity contribution in [1.29, 1.82) is 5.26 Å². The lowest BCUT2D eigenvalue weighted by Gasteiger charge is -2.40. The molecule has 0 saturated heterocycles. The first-order valence-corrected chi connectivity index (χ1v) is 8.42. The molecule has 118 valence electrons. The Hall–Kier alpha value is -1.75. The van der Waals surface area contributed by atoms with Gasteiger partial charge in [-0.2, -0.15) is 5.26 Å². The number of allylic oxidation sites excluding steroid dienone is 2. The number of hydrogen-bond acceptors (Lipinski definition) is 2. The Labute approximate surface area is 134 Å². The van der Waals surface area contributed by atoms with Gasteiger partial charge in [0, 0.05) is 0 Å². The van der Waals surface area contributed by atoms with Crippen LogP contribution in [0.3, 0.4) is 0 Å². The maximum Gasteiger partial charge on any atom is 0.118 e. The molecule has 0 aliphatic heterocycles. The summed E-state index contributed by atoms with van der Waals surface area (Å²) >= 11 is 0. The maximum atomic E-state index is 10.1. The number of nitrogens with zero attached hydrogens (tertiary/aromatic N) is 1. The number of nitriles is 1. The normalized spacial score (nSPS) is 21.6. The molecule has 1 aliphatic carbocycles. The average Bonchev–Trinajstić information content (AvgIpc) is 2.60. The number of rotatable bonds is 6. The number of methoxy groups -OCH3 is 1. The van der Waals surface area contributed by atoms with E-state index in [0.717, 1.165) is 37.0 Å². The van der Waals surface area contributed by atoms with E-state index in [-0.39, 0.29) is 0 Å². The fourth-order valence-corrected chi connectivity index (χ4v) is 4.06. The second kappa shape index (κ2) is 7.49. The van der Waals surface area contributed by atoms with Crippen molar-refractivity contribution in [3.63, 3.8) is 0 Å². The molecule has 0 unspecified atom stereocenters. The van der Waals surface area contributed by atoms with Gasteiger partial charge >= 0.3 is 0 Å². The molecule has 0 heterocycles. The van der Waals surface area contributed by atoms with E-state index in [0.29, 0.717) is 11.8 Å². The van der Waals surface area contributed by atoms with E-state index in [2.05, 4.69) is 44.2 Å². The zero-order valence-corrected chi connectivity index (χ0v) is 14.0. The number of ether oxygens (including phenoxy) is 1. The minimum Gasteiger partial charge on any atom is -0.497 e. The van der Waals surface area contributed by atoms with E-state index in [1.165, 1.54) is 6.42 Å². The lowest BCUT2D eigenvalue weighted by atomic mass is 9.62. The highest BCUT2D eigenvalue weighted by Crippen LogP contribution is 2.45. The third-order valence-corrected chi connectivity index (χ3v) is 5.31. The number of hydrogen-bond donors (Lipinski definition) is 0. The first-order valence-electron chi connectivity index (χ1n) is 8.42. The summed E-state index contributed by atoms with van der Waals surface area (Å²) < 4.78 is 5.26. The van der Waals surface area contributed by atoms with Crippen LogP contribution in [0.4, 0.5) is 0 Å². The van der Waals surface area contributed by atoms with Crippen molar-refractivity contribution in [2.45, 2.75) is 51.4 Å². The van der Waals surface area contributed by atoms with Crippen molar-refractivity contribution < 1.29 is 4.74 Å². The first kappa shape index (κ1) is 16.6. The molecule has 22 heavy (non-hydrogen) atoms. The van der Waals surface area contributed by atoms with Crippen LogP contribution in [-0.4, -0.2) is 7.11 Å². The first-order chi connectivity index (χ1) is 10.7. The molecular weight excluding hydrogens is 270 g/mol. The monoisotopic (exact) mass is 297 g/mol. The molecule has 0 amide bonds. The second-order valence-corrected chi connectivity index (χ2v) is 6.22. The summed E-state index contributed by atoms with van der Waals surface area (Å²) in [6.07, 6.45) is 9.93. The van der Waals surface area contributed by atoms with E-state index < -0.39 is 5.41 Å². The van der Waals surface area contributed by atoms with Crippen molar-refractivity contribution in [2.75, 3.05) is 7.11 Å². The smallest absolute Gasteiger partial charge is 0.118 e. The molecule has 0 radical (unpaired) electrons. The van der Waals surface area contributed by atoms with Gasteiger partial charge in [-0.1, -0.05) is 44.6 Å². The molecule has 1 aromatic rings. The quantitative estimate of drug-likeness (QED) is 0.672. The van der Waals surface area contributed by atoms with Gasteiger partial charge in [-0.05, 0) is 55.2 Å². The predicted octanol–water partition coefficient (Wildman–Crippen LogP) is 5.25. The Kier molecular flexibility index (Phi) is 5.66. The predicted molar refractivity (Wildman–Crippen MR) is 90.8 cm³/mol. The SMILES string of the molecule is CC[C@@H]([C@H]1CC=CCC1)[C@](C#N)(CC)c1ccc(OC)cc1. The summed E-state index contributed by atoms with van der Waals surface area (Å²) in [7, 11) is 1.68. The lowest BCUT2D eigenvalue weighted by Crippen LogP contribution is -2.38. The Morgan fingerprint density at radius 1 is 1.27 bits per heavy atom. The zero-order chi connectivity index (χ0) is 16.0. The topological polar surface area (TPSA) is 33.0 Å². The minimum atomic E-state index is -0.392. The summed E-state index contributed by atoms with van der Waals surface area (Å²) in [6.45, 7) is 4.38. The molecule has 1 aliphatic rings. The third-order valence-electron chi connectivity index (χ3n) is 5.31. The highest BCUT2D eigenvalue weighted by Gasteiger charge is 2.42. The Bertz CT molecular complexity index is 540. The average molecular weight is 297 g/mol. The third kappa shape index (κ3) is 3.04. The molecule has 2 nitrogen and oxygen atoms in total. The van der Waals surface area contributed by atoms with E-state index >= 15 is 0 Å². The van der Waals surface area contributed by atoms with Gasteiger partial charge in [0.05, 0.1) is 18.6 Å². The zero-order valence-electron chi connectivity index (χ0n) is 14.0. The Morgan fingerprint density at radius 2 is 2.00 bits per heavy atom. The van der Waals surface area contributed by atoms with Gasteiger partial charge in [-0.3, -0.25) is 0 Å². The minimum absolute atomic E-state index is 0.392. The van der Waals surface area contributed by atoms with Crippen molar-refractivity contribution in [3.05, 3.63) is 42.0 Å². The summed E-state index contributed by atoms with van der Waals surface area (Å²) in [5.41, 5.74) is 0.747. The van der Waals surface area contributed by atoms with Gasteiger partial charge in [-0.25, -0.2) is 0 Å².